The smallest absolute Gasteiger partial charge is 0.362 e. The third-order valence-corrected chi connectivity index (χ3v) is 3.26. The van der Waals surface area contributed by atoms with Gasteiger partial charge in [0, 0.05) is 6.54 Å². The van der Waals surface area contributed by atoms with Crippen LogP contribution in [0.25, 0.3) is 0 Å². The normalized spacial score (nSPS) is 10.5. The fourth-order valence-corrected chi connectivity index (χ4v) is 2.09. The lowest BCUT2D eigenvalue weighted by Crippen LogP contribution is -2.10. The van der Waals surface area contributed by atoms with Gasteiger partial charge in [0.25, 0.3) is 0 Å². The van der Waals surface area contributed by atoms with Crippen LogP contribution in [-0.2, 0) is 11.3 Å². The molecule has 0 aliphatic rings. The number of carbonyl (C=O) groups excluding carboxylic acids is 1. The Bertz CT molecular complexity index is 655. The molecule has 0 fully saturated rings. The highest BCUT2D eigenvalue weighted by Crippen LogP contribution is 2.13. The predicted octanol–water partition coefficient (Wildman–Crippen LogP) is 2.20. The summed E-state index contributed by atoms with van der Waals surface area (Å²) in [6.07, 6.45) is 1.67. The molecule has 2 aromatic rings. The first kappa shape index (κ1) is 16.8. The van der Waals surface area contributed by atoms with Gasteiger partial charge in [-0.15, -0.1) is 5.10 Å². The average Bonchev–Trinajstić information content (AvgIpc) is 2.88. The molecule has 124 valence electrons. The van der Waals surface area contributed by atoms with E-state index in [4.69, 9.17) is 15.2 Å². The Morgan fingerprint density at radius 2 is 2.17 bits per heavy atom. The van der Waals surface area contributed by atoms with E-state index in [1.807, 2.05) is 31.2 Å². The van der Waals surface area contributed by atoms with Gasteiger partial charge in [0.15, 0.2) is 5.82 Å². The fraction of sp³-hybridized carbons (Fsp3) is 0.438. The monoisotopic (exact) mass is 318 g/mol. The number of carbonyl (C=O) groups is 1. The van der Waals surface area contributed by atoms with E-state index in [9.17, 15) is 4.79 Å². The molecular formula is C16H22N4O3. The first-order valence-electron chi connectivity index (χ1n) is 7.67. The molecule has 0 bridgehead atoms. The number of hydrogen-bond donors (Lipinski definition) is 1. The first-order chi connectivity index (χ1) is 11.1. The van der Waals surface area contributed by atoms with Gasteiger partial charge in [0.1, 0.15) is 5.75 Å². The van der Waals surface area contributed by atoms with E-state index < -0.39 is 5.97 Å². The maximum Gasteiger partial charge on any atom is 0.362 e. The van der Waals surface area contributed by atoms with E-state index in [1.165, 1.54) is 10.2 Å². The number of rotatable bonds is 8. The maximum absolute atomic E-state index is 11.6. The summed E-state index contributed by atoms with van der Waals surface area (Å²) in [6.45, 7) is 5.23. The molecule has 0 aliphatic carbocycles. The molecule has 0 radical (unpaired) electrons. The van der Waals surface area contributed by atoms with Crippen LogP contribution >= 0.6 is 0 Å². The van der Waals surface area contributed by atoms with Gasteiger partial charge in [-0.05, 0) is 44.4 Å². The summed E-state index contributed by atoms with van der Waals surface area (Å²) in [5, 5.41) is 7.66. The largest absolute Gasteiger partial charge is 0.494 e. The molecule has 2 rings (SSSR count). The quantitative estimate of drug-likeness (QED) is 0.592. The van der Waals surface area contributed by atoms with Crippen molar-refractivity contribution >= 4 is 11.8 Å². The molecule has 7 heteroatoms. The summed E-state index contributed by atoms with van der Waals surface area (Å²) in [5.41, 5.74) is 7.11. The SMILES string of the molecule is CCOC(=O)c1nnn(CCCCOc2cccc(C)c2)c1N. The Morgan fingerprint density at radius 1 is 1.35 bits per heavy atom. The van der Waals surface area contributed by atoms with Gasteiger partial charge in [0.05, 0.1) is 13.2 Å². The Morgan fingerprint density at radius 3 is 2.91 bits per heavy atom. The molecule has 0 saturated heterocycles. The lowest BCUT2D eigenvalue weighted by molar-refractivity contribution is 0.0520. The van der Waals surface area contributed by atoms with Crippen molar-refractivity contribution in [2.75, 3.05) is 18.9 Å². The van der Waals surface area contributed by atoms with Gasteiger partial charge >= 0.3 is 5.97 Å². The van der Waals surface area contributed by atoms with E-state index in [0.29, 0.717) is 13.2 Å². The third-order valence-electron chi connectivity index (χ3n) is 3.26. The van der Waals surface area contributed by atoms with Crippen molar-refractivity contribution in [3.63, 3.8) is 0 Å². The minimum absolute atomic E-state index is 0.0721. The minimum atomic E-state index is -0.543. The lowest BCUT2D eigenvalue weighted by Gasteiger charge is -2.07. The topological polar surface area (TPSA) is 92.3 Å². The Kier molecular flexibility index (Phi) is 5.96. The van der Waals surface area contributed by atoms with Crippen LogP contribution in [0, 0.1) is 6.92 Å². The van der Waals surface area contributed by atoms with Crippen LogP contribution in [0.4, 0.5) is 5.82 Å². The van der Waals surface area contributed by atoms with Gasteiger partial charge < -0.3 is 15.2 Å². The highest BCUT2D eigenvalue weighted by Gasteiger charge is 2.18. The highest BCUT2D eigenvalue weighted by molar-refractivity contribution is 5.91. The number of nitrogens with two attached hydrogens (primary N) is 1. The van der Waals surface area contributed by atoms with Crippen LogP contribution in [-0.4, -0.2) is 34.2 Å². The standard InChI is InChI=1S/C16H22N4O3/c1-3-22-16(21)14-15(17)20(19-18-14)9-4-5-10-23-13-8-6-7-12(2)11-13/h6-8,11H,3-5,9-10,17H2,1-2H3. The number of ether oxygens (including phenoxy) is 2. The van der Waals surface area contributed by atoms with Crippen molar-refractivity contribution in [1.82, 2.24) is 15.0 Å². The van der Waals surface area contributed by atoms with E-state index in [0.717, 1.165) is 18.6 Å². The average molecular weight is 318 g/mol. The summed E-state index contributed by atoms with van der Waals surface area (Å²) < 4.78 is 12.1. The molecule has 2 N–H and O–H groups in total. The number of nitrogens with zero attached hydrogens (tertiary/aromatic N) is 3. The second-order valence-corrected chi connectivity index (χ2v) is 5.14. The second kappa shape index (κ2) is 8.17. The predicted molar refractivity (Wildman–Crippen MR) is 86.3 cm³/mol. The van der Waals surface area contributed by atoms with Crippen LogP contribution in [0.1, 0.15) is 35.8 Å². The van der Waals surface area contributed by atoms with Crippen LogP contribution in [0.15, 0.2) is 24.3 Å². The van der Waals surface area contributed by atoms with Crippen LogP contribution in [0.5, 0.6) is 5.75 Å². The number of aromatic nitrogens is 3. The third kappa shape index (κ3) is 4.70. The van der Waals surface area contributed by atoms with Gasteiger partial charge in [-0.3, -0.25) is 0 Å². The Hall–Kier alpha value is -2.57. The molecular weight excluding hydrogens is 296 g/mol. The van der Waals surface area contributed by atoms with Crippen molar-refractivity contribution in [2.45, 2.75) is 33.2 Å². The van der Waals surface area contributed by atoms with Crippen LogP contribution < -0.4 is 10.5 Å². The number of aryl methyl sites for hydroxylation is 2. The summed E-state index contributed by atoms with van der Waals surface area (Å²) in [6, 6.07) is 7.94. The molecule has 23 heavy (non-hydrogen) atoms. The lowest BCUT2D eigenvalue weighted by atomic mass is 10.2. The molecule has 0 unspecified atom stereocenters. The Labute approximate surface area is 135 Å². The molecule has 7 nitrogen and oxygen atoms in total. The van der Waals surface area contributed by atoms with E-state index >= 15 is 0 Å². The summed E-state index contributed by atoms with van der Waals surface area (Å²) in [7, 11) is 0. The van der Waals surface area contributed by atoms with E-state index in [-0.39, 0.29) is 18.1 Å². The molecule has 0 aliphatic heterocycles. The zero-order chi connectivity index (χ0) is 16.7. The number of hydrogen-bond acceptors (Lipinski definition) is 6. The van der Waals surface area contributed by atoms with Crippen LogP contribution in [0.2, 0.25) is 0 Å². The van der Waals surface area contributed by atoms with Crippen molar-refractivity contribution < 1.29 is 14.3 Å². The summed E-state index contributed by atoms with van der Waals surface area (Å²) in [5.74, 6) is 0.567. The zero-order valence-corrected chi connectivity index (χ0v) is 13.5. The van der Waals surface area contributed by atoms with Crippen LogP contribution in [0.3, 0.4) is 0 Å². The first-order valence-corrected chi connectivity index (χ1v) is 7.67. The fourth-order valence-electron chi connectivity index (χ4n) is 2.09. The number of esters is 1. The zero-order valence-electron chi connectivity index (χ0n) is 13.5. The number of benzene rings is 1. The number of nitrogen functional groups attached to an aromatic ring is 1. The van der Waals surface area contributed by atoms with Crippen molar-refractivity contribution in [2.24, 2.45) is 0 Å². The molecule has 0 amide bonds. The Balaban J connectivity index is 1.75. The minimum Gasteiger partial charge on any atom is -0.494 e. The van der Waals surface area contributed by atoms with E-state index in [1.54, 1.807) is 6.92 Å². The molecule has 1 aromatic heterocycles. The van der Waals surface area contributed by atoms with Crippen molar-refractivity contribution in [3.8, 4) is 5.75 Å². The van der Waals surface area contributed by atoms with Gasteiger partial charge in [0.2, 0.25) is 5.69 Å². The van der Waals surface area contributed by atoms with Crippen molar-refractivity contribution in [3.05, 3.63) is 35.5 Å². The maximum atomic E-state index is 11.6. The van der Waals surface area contributed by atoms with E-state index in [2.05, 4.69) is 10.3 Å². The molecule has 1 heterocycles. The second-order valence-electron chi connectivity index (χ2n) is 5.14. The molecule has 0 atom stereocenters. The molecule has 0 spiro atoms. The molecule has 1 aromatic carbocycles. The molecule has 0 saturated carbocycles. The highest BCUT2D eigenvalue weighted by atomic mass is 16.5. The van der Waals surface area contributed by atoms with Gasteiger partial charge in [-0.25, -0.2) is 9.48 Å². The van der Waals surface area contributed by atoms with Gasteiger partial charge in [-0.1, -0.05) is 17.3 Å². The van der Waals surface area contributed by atoms with Crippen molar-refractivity contribution in [1.29, 1.82) is 0 Å². The summed E-state index contributed by atoms with van der Waals surface area (Å²) in [4.78, 5) is 11.6. The number of anilines is 1. The summed E-state index contributed by atoms with van der Waals surface area (Å²) >= 11 is 0. The van der Waals surface area contributed by atoms with Gasteiger partial charge in [-0.2, -0.15) is 0 Å². The number of unbranched alkanes of at least 4 members (excludes halogenated alkanes) is 1.